The Morgan fingerprint density at radius 2 is 1.78 bits per heavy atom. The molecule has 2 saturated heterocycles. The summed E-state index contributed by atoms with van der Waals surface area (Å²) < 4.78 is 47.4. The normalized spacial score (nSPS) is 17.3. The summed E-state index contributed by atoms with van der Waals surface area (Å²) in [6, 6.07) is 17.7. The molecule has 0 radical (unpaired) electrons. The van der Waals surface area contributed by atoms with E-state index >= 15 is 0 Å². The van der Waals surface area contributed by atoms with Crippen LogP contribution in [0.1, 0.15) is 34.2 Å². The number of nitrogens with zero attached hydrogens (tertiary/aromatic N) is 2. The molecule has 0 spiro atoms. The van der Waals surface area contributed by atoms with Crippen LogP contribution in [0.5, 0.6) is 0 Å². The SMILES string of the molecule is CCN1CCN(Cc2cc(NC(=O)c3cccc4cc(-c5ccc(/C=C6\SC(=O)NC6=O)o5)ccc34)cc(C(F)(F)F)c2)CC1. The highest BCUT2D eigenvalue weighted by molar-refractivity contribution is 8.18. The number of thioether (sulfide) groups is 1. The lowest BCUT2D eigenvalue weighted by Gasteiger charge is -2.34. The molecule has 45 heavy (non-hydrogen) atoms. The van der Waals surface area contributed by atoms with Crippen molar-refractivity contribution >= 4 is 51.4 Å². The summed E-state index contributed by atoms with van der Waals surface area (Å²) in [5.41, 5.74) is 0.787. The molecule has 2 aliphatic rings. The third kappa shape index (κ3) is 6.98. The smallest absolute Gasteiger partial charge is 0.416 e. The molecule has 8 nitrogen and oxygen atoms in total. The number of fused-ring (bicyclic) bond motifs is 1. The predicted molar refractivity (Wildman–Crippen MR) is 168 cm³/mol. The second-order valence-electron chi connectivity index (χ2n) is 10.9. The second kappa shape index (κ2) is 12.5. The van der Waals surface area contributed by atoms with Gasteiger partial charge in [-0.2, -0.15) is 13.2 Å². The topological polar surface area (TPSA) is 94.9 Å². The molecule has 4 aromatic rings. The highest BCUT2D eigenvalue weighted by Gasteiger charge is 2.32. The van der Waals surface area contributed by atoms with Crippen LogP contribution in [0, 0.1) is 0 Å². The third-order valence-electron chi connectivity index (χ3n) is 7.85. The van der Waals surface area contributed by atoms with Crippen LogP contribution in [0.4, 0.5) is 23.7 Å². The zero-order valence-corrected chi connectivity index (χ0v) is 25.1. The fraction of sp³-hybridized carbons (Fsp3) is 0.242. The summed E-state index contributed by atoms with van der Waals surface area (Å²) in [6.07, 6.45) is -3.07. The number of carbonyl (C=O) groups excluding carboxylic acids is 3. The Hall–Kier alpha value is -4.39. The van der Waals surface area contributed by atoms with E-state index in [0.717, 1.165) is 62.0 Å². The van der Waals surface area contributed by atoms with Crippen LogP contribution < -0.4 is 10.6 Å². The molecule has 232 valence electrons. The number of hydrogen-bond acceptors (Lipinski definition) is 7. The van der Waals surface area contributed by atoms with Gasteiger partial charge in [0.15, 0.2) is 0 Å². The van der Waals surface area contributed by atoms with Gasteiger partial charge in [-0.15, -0.1) is 0 Å². The van der Waals surface area contributed by atoms with Gasteiger partial charge in [0.05, 0.1) is 10.5 Å². The zero-order chi connectivity index (χ0) is 31.7. The molecular formula is C33H29F3N4O4S. The number of alkyl halides is 3. The van der Waals surface area contributed by atoms with Crippen LogP contribution in [0.15, 0.2) is 76.1 Å². The van der Waals surface area contributed by atoms with Crippen molar-refractivity contribution < 1.29 is 32.0 Å². The minimum Gasteiger partial charge on any atom is -0.457 e. The van der Waals surface area contributed by atoms with Crippen molar-refractivity contribution in [2.24, 2.45) is 0 Å². The molecule has 2 aliphatic heterocycles. The number of nitrogens with one attached hydrogen (secondary N) is 2. The molecule has 0 atom stereocenters. The Bertz CT molecular complexity index is 1830. The molecule has 1 aromatic heterocycles. The molecule has 2 fully saturated rings. The van der Waals surface area contributed by atoms with E-state index in [1.807, 2.05) is 12.1 Å². The van der Waals surface area contributed by atoms with Crippen molar-refractivity contribution in [1.29, 1.82) is 0 Å². The molecule has 6 rings (SSSR count). The highest BCUT2D eigenvalue weighted by Crippen LogP contribution is 2.34. The van der Waals surface area contributed by atoms with Gasteiger partial charge >= 0.3 is 6.18 Å². The largest absolute Gasteiger partial charge is 0.457 e. The quantitative estimate of drug-likeness (QED) is 0.215. The summed E-state index contributed by atoms with van der Waals surface area (Å²) >= 11 is 0.796. The molecule has 12 heteroatoms. The van der Waals surface area contributed by atoms with Crippen molar-refractivity contribution in [2.75, 3.05) is 38.0 Å². The number of hydrogen-bond donors (Lipinski definition) is 2. The van der Waals surface area contributed by atoms with Crippen LogP contribution in [-0.4, -0.2) is 59.6 Å². The van der Waals surface area contributed by atoms with E-state index in [2.05, 4.69) is 27.4 Å². The number of carbonyl (C=O) groups is 3. The Morgan fingerprint density at radius 1 is 1.00 bits per heavy atom. The molecule has 2 N–H and O–H groups in total. The molecule has 0 saturated carbocycles. The minimum absolute atomic E-state index is 0.0821. The van der Waals surface area contributed by atoms with Gasteiger partial charge in [0, 0.05) is 55.6 Å². The fourth-order valence-corrected chi connectivity index (χ4v) is 6.17. The Kier molecular flexibility index (Phi) is 8.54. The van der Waals surface area contributed by atoms with Crippen molar-refractivity contribution in [1.82, 2.24) is 15.1 Å². The van der Waals surface area contributed by atoms with Gasteiger partial charge in [0.1, 0.15) is 11.5 Å². The molecule has 0 aliphatic carbocycles. The van der Waals surface area contributed by atoms with Gasteiger partial charge in [-0.1, -0.05) is 31.2 Å². The number of amides is 3. The van der Waals surface area contributed by atoms with Crippen LogP contribution in [-0.2, 0) is 17.5 Å². The van der Waals surface area contributed by atoms with E-state index in [1.54, 1.807) is 42.5 Å². The van der Waals surface area contributed by atoms with Crippen molar-refractivity contribution in [3.63, 3.8) is 0 Å². The fourth-order valence-electron chi connectivity index (χ4n) is 5.51. The molecule has 3 aromatic carbocycles. The Morgan fingerprint density at radius 3 is 2.49 bits per heavy atom. The number of anilines is 1. The number of rotatable bonds is 7. The molecule has 0 unspecified atom stereocenters. The molecule has 3 heterocycles. The van der Waals surface area contributed by atoms with E-state index < -0.39 is 28.8 Å². The molecule has 0 bridgehead atoms. The van der Waals surface area contributed by atoms with Gasteiger partial charge in [0.25, 0.3) is 17.1 Å². The number of likely N-dealkylation sites (N-methyl/N-ethyl adjacent to an activating group) is 1. The number of imide groups is 1. The van der Waals surface area contributed by atoms with Crippen molar-refractivity contribution in [3.05, 3.63) is 94.1 Å². The summed E-state index contributed by atoms with van der Waals surface area (Å²) in [4.78, 5) is 41.4. The first-order chi connectivity index (χ1) is 21.6. The summed E-state index contributed by atoms with van der Waals surface area (Å²) in [5.74, 6) is -0.0922. The van der Waals surface area contributed by atoms with E-state index in [9.17, 15) is 27.6 Å². The van der Waals surface area contributed by atoms with Gasteiger partial charge < -0.3 is 14.6 Å². The standard InChI is InChI=1S/C33H29F3N4O4S/c1-2-39-10-12-40(13-11-39)19-20-14-23(33(34,35)36)17-24(15-20)37-30(41)27-5-3-4-21-16-22(6-8-26(21)27)28-9-7-25(44-28)18-29-31(42)38-32(43)45-29/h3-9,14-18H,2,10-13,19H2,1H3,(H,37,41)(H,38,42,43)/b29-18-. The van der Waals surface area contributed by atoms with E-state index in [4.69, 9.17) is 4.42 Å². The average Bonchev–Trinajstić information content (AvgIpc) is 3.61. The number of halogens is 3. The maximum absolute atomic E-state index is 13.8. The average molecular weight is 635 g/mol. The second-order valence-corrected chi connectivity index (χ2v) is 11.9. The number of piperazine rings is 1. The Labute approximate surface area is 261 Å². The van der Waals surface area contributed by atoms with E-state index in [-0.39, 0.29) is 10.6 Å². The van der Waals surface area contributed by atoms with Crippen molar-refractivity contribution in [3.8, 4) is 11.3 Å². The minimum atomic E-state index is -4.56. The number of benzene rings is 3. The first-order valence-electron chi connectivity index (χ1n) is 14.4. The van der Waals surface area contributed by atoms with Crippen molar-refractivity contribution in [2.45, 2.75) is 19.6 Å². The van der Waals surface area contributed by atoms with Gasteiger partial charge in [-0.25, -0.2) is 0 Å². The maximum atomic E-state index is 13.8. The van der Waals surface area contributed by atoms with Crippen LogP contribution in [0.25, 0.3) is 28.2 Å². The predicted octanol–water partition coefficient (Wildman–Crippen LogP) is 6.83. The third-order valence-corrected chi connectivity index (χ3v) is 8.66. The van der Waals surface area contributed by atoms with Crippen LogP contribution in [0.2, 0.25) is 0 Å². The van der Waals surface area contributed by atoms with Gasteiger partial charge in [-0.05, 0) is 77.1 Å². The summed E-state index contributed by atoms with van der Waals surface area (Å²) in [7, 11) is 0. The lowest BCUT2D eigenvalue weighted by Crippen LogP contribution is -2.45. The highest BCUT2D eigenvalue weighted by atomic mass is 32.2. The number of furan rings is 1. The van der Waals surface area contributed by atoms with E-state index in [0.29, 0.717) is 40.1 Å². The Balaban J connectivity index is 1.22. The summed E-state index contributed by atoms with van der Waals surface area (Å²) in [5, 5.41) is 5.79. The molecule has 3 amide bonds. The maximum Gasteiger partial charge on any atom is 0.416 e. The lowest BCUT2D eigenvalue weighted by molar-refractivity contribution is -0.137. The van der Waals surface area contributed by atoms with Crippen LogP contribution >= 0.6 is 11.8 Å². The van der Waals surface area contributed by atoms with E-state index in [1.165, 1.54) is 6.08 Å². The zero-order valence-electron chi connectivity index (χ0n) is 24.2. The summed E-state index contributed by atoms with van der Waals surface area (Å²) in [6.45, 7) is 6.63. The first kappa shape index (κ1) is 30.6. The van der Waals surface area contributed by atoms with Gasteiger partial charge in [-0.3, -0.25) is 24.6 Å². The monoisotopic (exact) mass is 634 g/mol. The van der Waals surface area contributed by atoms with Crippen LogP contribution in [0.3, 0.4) is 0 Å². The van der Waals surface area contributed by atoms with Gasteiger partial charge in [0.2, 0.25) is 0 Å². The lowest BCUT2D eigenvalue weighted by atomic mass is 10.0. The first-order valence-corrected chi connectivity index (χ1v) is 15.2. The molecular weight excluding hydrogens is 605 g/mol.